The molecule has 5 heteroatoms. The SMILES string of the molecule is CCC(CC)(CN)C(=O)N1CCC(C(O)c2ccc(F)cc2)CC1. The third-order valence-electron chi connectivity index (χ3n) is 5.68. The van der Waals surface area contributed by atoms with Crippen molar-refractivity contribution in [2.45, 2.75) is 45.6 Å². The molecule has 1 unspecified atom stereocenters. The first-order valence-corrected chi connectivity index (χ1v) is 8.90. The number of nitrogens with zero attached hydrogens (tertiary/aromatic N) is 1. The van der Waals surface area contributed by atoms with E-state index in [1.165, 1.54) is 12.1 Å². The van der Waals surface area contributed by atoms with Crippen LogP contribution in [0.2, 0.25) is 0 Å². The number of piperidine rings is 1. The summed E-state index contributed by atoms with van der Waals surface area (Å²) in [6, 6.07) is 6.00. The fourth-order valence-corrected chi connectivity index (χ4v) is 3.61. The van der Waals surface area contributed by atoms with Gasteiger partial charge in [0.25, 0.3) is 0 Å². The molecule has 1 aliphatic heterocycles. The highest BCUT2D eigenvalue weighted by Crippen LogP contribution is 2.34. The lowest BCUT2D eigenvalue weighted by molar-refractivity contribution is -0.144. The summed E-state index contributed by atoms with van der Waals surface area (Å²) in [6.07, 6.45) is 2.38. The van der Waals surface area contributed by atoms with Gasteiger partial charge in [0.05, 0.1) is 11.5 Å². The van der Waals surface area contributed by atoms with Gasteiger partial charge in [-0.25, -0.2) is 4.39 Å². The van der Waals surface area contributed by atoms with Gasteiger partial charge in [-0.2, -0.15) is 0 Å². The number of carbonyl (C=O) groups is 1. The molecule has 1 aromatic carbocycles. The molecule has 2 rings (SSSR count). The van der Waals surface area contributed by atoms with Crippen LogP contribution in [0, 0.1) is 17.2 Å². The Labute approximate surface area is 143 Å². The quantitative estimate of drug-likeness (QED) is 0.839. The predicted octanol–water partition coefficient (Wildman–Crippen LogP) is 2.86. The van der Waals surface area contributed by atoms with Gasteiger partial charge in [-0.05, 0) is 49.3 Å². The van der Waals surface area contributed by atoms with Crippen molar-refractivity contribution < 1.29 is 14.3 Å². The summed E-state index contributed by atoms with van der Waals surface area (Å²) in [5, 5.41) is 10.5. The number of likely N-dealkylation sites (tertiary alicyclic amines) is 1. The summed E-state index contributed by atoms with van der Waals surface area (Å²) < 4.78 is 13.0. The van der Waals surface area contributed by atoms with Crippen LogP contribution < -0.4 is 5.73 Å². The van der Waals surface area contributed by atoms with Crippen molar-refractivity contribution in [3.8, 4) is 0 Å². The Kier molecular flexibility index (Phi) is 6.35. The Bertz CT molecular complexity index is 527. The normalized spacial score (nSPS) is 17.8. The maximum atomic E-state index is 13.0. The maximum absolute atomic E-state index is 13.0. The second-order valence-electron chi connectivity index (χ2n) is 6.82. The van der Waals surface area contributed by atoms with Crippen molar-refractivity contribution in [3.05, 3.63) is 35.6 Å². The molecule has 24 heavy (non-hydrogen) atoms. The minimum absolute atomic E-state index is 0.0926. The molecule has 1 atom stereocenters. The van der Waals surface area contributed by atoms with E-state index in [0.717, 1.165) is 31.2 Å². The van der Waals surface area contributed by atoms with E-state index in [2.05, 4.69) is 0 Å². The van der Waals surface area contributed by atoms with Crippen LogP contribution in [0.4, 0.5) is 4.39 Å². The highest BCUT2D eigenvalue weighted by Gasteiger charge is 2.38. The molecule has 0 spiro atoms. The van der Waals surface area contributed by atoms with Crippen molar-refractivity contribution in [1.29, 1.82) is 0 Å². The van der Waals surface area contributed by atoms with Crippen LogP contribution in [0.5, 0.6) is 0 Å². The molecule has 1 heterocycles. The summed E-state index contributed by atoms with van der Waals surface area (Å²) >= 11 is 0. The summed E-state index contributed by atoms with van der Waals surface area (Å²) in [5.74, 6) is -0.0663. The second kappa shape index (κ2) is 8.08. The van der Waals surface area contributed by atoms with Crippen LogP contribution in [-0.4, -0.2) is 35.5 Å². The molecular weight excluding hydrogens is 307 g/mol. The third-order valence-corrected chi connectivity index (χ3v) is 5.68. The number of amides is 1. The Morgan fingerprint density at radius 2 is 1.83 bits per heavy atom. The fraction of sp³-hybridized carbons (Fsp3) is 0.632. The zero-order valence-corrected chi connectivity index (χ0v) is 14.7. The summed E-state index contributed by atoms with van der Waals surface area (Å²) in [4.78, 5) is 14.7. The maximum Gasteiger partial charge on any atom is 0.230 e. The summed E-state index contributed by atoms with van der Waals surface area (Å²) in [7, 11) is 0. The van der Waals surface area contributed by atoms with Crippen LogP contribution >= 0.6 is 0 Å². The molecule has 0 aromatic heterocycles. The molecule has 1 fully saturated rings. The molecule has 1 amide bonds. The topological polar surface area (TPSA) is 66.6 Å². The minimum atomic E-state index is -0.612. The molecule has 0 radical (unpaired) electrons. The number of hydrogen-bond acceptors (Lipinski definition) is 3. The van der Waals surface area contributed by atoms with Gasteiger partial charge in [-0.3, -0.25) is 4.79 Å². The van der Waals surface area contributed by atoms with Crippen molar-refractivity contribution in [2.75, 3.05) is 19.6 Å². The summed E-state index contributed by atoms with van der Waals surface area (Å²) in [5.41, 5.74) is 6.16. The van der Waals surface area contributed by atoms with E-state index in [1.807, 2.05) is 18.7 Å². The molecule has 1 saturated heterocycles. The van der Waals surface area contributed by atoms with Gasteiger partial charge in [0.15, 0.2) is 0 Å². The number of benzene rings is 1. The van der Waals surface area contributed by atoms with E-state index in [0.29, 0.717) is 19.6 Å². The fourth-order valence-electron chi connectivity index (χ4n) is 3.61. The lowest BCUT2D eigenvalue weighted by atomic mass is 9.79. The molecule has 0 saturated carbocycles. The van der Waals surface area contributed by atoms with Crippen LogP contribution in [0.15, 0.2) is 24.3 Å². The highest BCUT2D eigenvalue weighted by atomic mass is 19.1. The summed E-state index contributed by atoms with van der Waals surface area (Å²) in [6.45, 7) is 5.68. The van der Waals surface area contributed by atoms with Crippen LogP contribution in [0.1, 0.15) is 51.2 Å². The van der Waals surface area contributed by atoms with Crippen molar-refractivity contribution >= 4 is 5.91 Å². The monoisotopic (exact) mass is 336 g/mol. The largest absolute Gasteiger partial charge is 0.388 e. The Morgan fingerprint density at radius 3 is 2.29 bits per heavy atom. The first-order valence-electron chi connectivity index (χ1n) is 8.90. The lowest BCUT2D eigenvalue weighted by Crippen LogP contribution is -2.50. The second-order valence-corrected chi connectivity index (χ2v) is 6.82. The zero-order valence-electron chi connectivity index (χ0n) is 14.7. The lowest BCUT2D eigenvalue weighted by Gasteiger charge is -2.40. The van der Waals surface area contributed by atoms with E-state index in [1.54, 1.807) is 12.1 Å². The molecule has 3 N–H and O–H groups in total. The van der Waals surface area contributed by atoms with Gasteiger partial charge >= 0.3 is 0 Å². The minimum Gasteiger partial charge on any atom is -0.388 e. The van der Waals surface area contributed by atoms with E-state index in [9.17, 15) is 14.3 Å². The standard InChI is InChI=1S/C19H29FN2O2/c1-3-19(4-2,13-21)18(24)22-11-9-15(10-12-22)17(23)14-5-7-16(20)8-6-14/h5-8,15,17,23H,3-4,9-13,21H2,1-2H3. The van der Waals surface area contributed by atoms with Crippen molar-refractivity contribution in [1.82, 2.24) is 4.90 Å². The van der Waals surface area contributed by atoms with Crippen molar-refractivity contribution in [2.24, 2.45) is 17.1 Å². The highest BCUT2D eigenvalue weighted by molar-refractivity contribution is 5.83. The molecule has 4 nitrogen and oxygen atoms in total. The number of aliphatic hydroxyl groups is 1. The van der Waals surface area contributed by atoms with E-state index >= 15 is 0 Å². The Hall–Kier alpha value is -1.46. The van der Waals surface area contributed by atoms with Gasteiger partial charge in [0.1, 0.15) is 5.82 Å². The number of halogens is 1. The van der Waals surface area contributed by atoms with Crippen LogP contribution in [0.3, 0.4) is 0 Å². The smallest absolute Gasteiger partial charge is 0.230 e. The number of carbonyl (C=O) groups excluding carboxylic acids is 1. The molecule has 0 aliphatic carbocycles. The van der Waals surface area contributed by atoms with E-state index < -0.39 is 11.5 Å². The van der Waals surface area contributed by atoms with Gasteiger partial charge in [0, 0.05) is 19.6 Å². The molecule has 134 valence electrons. The van der Waals surface area contributed by atoms with Gasteiger partial charge < -0.3 is 15.7 Å². The average molecular weight is 336 g/mol. The molecule has 0 bridgehead atoms. The number of rotatable bonds is 6. The van der Waals surface area contributed by atoms with Crippen LogP contribution in [-0.2, 0) is 4.79 Å². The Morgan fingerprint density at radius 1 is 1.29 bits per heavy atom. The average Bonchev–Trinajstić information content (AvgIpc) is 2.63. The predicted molar refractivity (Wildman–Crippen MR) is 92.7 cm³/mol. The first kappa shape index (κ1) is 18.9. The third kappa shape index (κ3) is 3.78. The van der Waals surface area contributed by atoms with Gasteiger partial charge in [0.2, 0.25) is 5.91 Å². The number of nitrogens with two attached hydrogens (primary N) is 1. The van der Waals surface area contributed by atoms with E-state index in [-0.39, 0.29) is 17.6 Å². The van der Waals surface area contributed by atoms with Gasteiger partial charge in [-0.15, -0.1) is 0 Å². The van der Waals surface area contributed by atoms with E-state index in [4.69, 9.17) is 5.73 Å². The number of hydrogen-bond donors (Lipinski definition) is 2. The zero-order chi connectivity index (χ0) is 17.7. The van der Waals surface area contributed by atoms with Gasteiger partial charge in [-0.1, -0.05) is 26.0 Å². The molecule has 1 aliphatic rings. The molecular formula is C19H29FN2O2. The number of aliphatic hydroxyl groups excluding tert-OH is 1. The first-order chi connectivity index (χ1) is 11.5. The van der Waals surface area contributed by atoms with Crippen LogP contribution in [0.25, 0.3) is 0 Å². The Balaban J connectivity index is 1.98. The van der Waals surface area contributed by atoms with Crippen molar-refractivity contribution in [3.63, 3.8) is 0 Å². The molecule has 1 aromatic rings.